The van der Waals surface area contributed by atoms with Crippen LogP contribution in [0.25, 0.3) is 4.85 Å². The Bertz CT molecular complexity index is 763. The molecule has 0 saturated carbocycles. The highest BCUT2D eigenvalue weighted by atomic mass is 16.2. The van der Waals surface area contributed by atoms with Crippen molar-refractivity contribution in [3.63, 3.8) is 0 Å². The van der Waals surface area contributed by atoms with E-state index in [9.17, 15) is 9.59 Å². The van der Waals surface area contributed by atoms with Gasteiger partial charge in [0.05, 0.1) is 12.3 Å². The standard InChI is InChI=1S/C17H19N3O2/c1-10(21)20-9-11-6-7-13-16(2,3)15(22)12(18-5)8-17(13,4)14(11)19-20/h8-9,13H,6-7H2,1-4H3/t13-,17-/m0/s1. The number of carbonyl (C=O) groups is 2. The summed E-state index contributed by atoms with van der Waals surface area (Å²) in [7, 11) is 0. The first-order valence-corrected chi connectivity index (χ1v) is 7.47. The second-order valence-electron chi connectivity index (χ2n) is 7.03. The maximum atomic E-state index is 12.5. The van der Waals surface area contributed by atoms with Crippen LogP contribution in [0, 0.1) is 17.9 Å². The van der Waals surface area contributed by atoms with Crippen LogP contribution in [0.2, 0.25) is 0 Å². The molecule has 5 nitrogen and oxygen atoms in total. The van der Waals surface area contributed by atoms with Gasteiger partial charge in [-0.1, -0.05) is 26.8 Å². The summed E-state index contributed by atoms with van der Waals surface area (Å²) in [6.07, 6.45) is 5.22. The van der Waals surface area contributed by atoms with E-state index in [1.807, 2.05) is 20.8 Å². The first-order valence-electron chi connectivity index (χ1n) is 7.47. The van der Waals surface area contributed by atoms with Gasteiger partial charge in [0, 0.05) is 24.0 Å². The van der Waals surface area contributed by atoms with E-state index in [1.54, 1.807) is 12.3 Å². The summed E-state index contributed by atoms with van der Waals surface area (Å²) in [4.78, 5) is 27.6. The molecule has 0 bridgehead atoms. The maximum Gasteiger partial charge on any atom is 0.243 e. The lowest BCUT2D eigenvalue weighted by Gasteiger charge is -2.49. The first kappa shape index (κ1) is 14.7. The minimum atomic E-state index is -0.596. The lowest BCUT2D eigenvalue weighted by molar-refractivity contribution is -0.128. The molecule has 0 radical (unpaired) electrons. The molecule has 114 valence electrons. The largest absolute Gasteiger partial charge is 0.307 e. The van der Waals surface area contributed by atoms with Crippen LogP contribution in [0.4, 0.5) is 0 Å². The number of fused-ring (bicyclic) bond motifs is 3. The van der Waals surface area contributed by atoms with E-state index in [2.05, 4.69) is 9.94 Å². The van der Waals surface area contributed by atoms with Crippen LogP contribution in [0.3, 0.4) is 0 Å². The van der Waals surface area contributed by atoms with Crippen LogP contribution in [-0.2, 0) is 16.6 Å². The summed E-state index contributed by atoms with van der Waals surface area (Å²) < 4.78 is 1.37. The molecule has 0 spiro atoms. The Kier molecular flexibility index (Phi) is 2.93. The third-order valence-electron chi connectivity index (χ3n) is 5.30. The average molecular weight is 297 g/mol. The fourth-order valence-electron chi connectivity index (χ4n) is 4.17. The van der Waals surface area contributed by atoms with Crippen molar-refractivity contribution in [2.45, 2.75) is 46.0 Å². The zero-order valence-corrected chi connectivity index (χ0v) is 13.3. The molecule has 0 aromatic carbocycles. The van der Waals surface area contributed by atoms with Gasteiger partial charge in [-0.25, -0.2) is 9.53 Å². The number of hydrogen-bond donors (Lipinski definition) is 0. The van der Waals surface area contributed by atoms with E-state index >= 15 is 0 Å². The molecule has 1 aromatic heterocycles. The highest BCUT2D eigenvalue weighted by Gasteiger charge is 2.54. The summed E-state index contributed by atoms with van der Waals surface area (Å²) in [5, 5.41) is 4.47. The van der Waals surface area contributed by atoms with Crippen molar-refractivity contribution in [1.29, 1.82) is 0 Å². The summed E-state index contributed by atoms with van der Waals surface area (Å²) in [6, 6.07) is 0. The van der Waals surface area contributed by atoms with Crippen molar-refractivity contribution < 1.29 is 9.59 Å². The number of rotatable bonds is 0. The number of aromatic nitrogens is 2. The molecule has 0 unspecified atom stereocenters. The van der Waals surface area contributed by atoms with Gasteiger partial charge in [-0.15, -0.1) is 0 Å². The van der Waals surface area contributed by atoms with E-state index in [0.29, 0.717) is 0 Å². The summed E-state index contributed by atoms with van der Waals surface area (Å²) in [5.41, 5.74) is 0.987. The van der Waals surface area contributed by atoms with Crippen molar-refractivity contribution in [3.05, 3.63) is 40.6 Å². The van der Waals surface area contributed by atoms with Gasteiger partial charge in [-0.2, -0.15) is 5.10 Å². The molecule has 2 atom stereocenters. The molecule has 1 heterocycles. The monoisotopic (exact) mass is 297 g/mol. The van der Waals surface area contributed by atoms with Gasteiger partial charge in [0.15, 0.2) is 5.78 Å². The molecule has 2 aliphatic rings. The van der Waals surface area contributed by atoms with Crippen molar-refractivity contribution in [3.8, 4) is 0 Å². The lowest BCUT2D eigenvalue weighted by Crippen LogP contribution is -2.50. The van der Waals surface area contributed by atoms with Gasteiger partial charge < -0.3 is 4.79 Å². The lowest BCUT2D eigenvalue weighted by atomic mass is 9.53. The Morgan fingerprint density at radius 1 is 1.45 bits per heavy atom. The predicted molar refractivity (Wildman–Crippen MR) is 81.2 cm³/mol. The Labute approximate surface area is 129 Å². The second kappa shape index (κ2) is 4.39. The zero-order valence-electron chi connectivity index (χ0n) is 13.3. The number of Topliss-reactive ketones (excluding diaryl/α,β-unsaturated/α-hetero) is 1. The molecular weight excluding hydrogens is 278 g/mol. The van der Waals surface area contributed by atoms with E-state index in [0.717, 1.165) is 24.1 Å². The number of allylic oxidation sites excluding steroid dienone is 2. The van der Waals surface area contributed by atoms with Gasteiger partial charge >= 0.3 is 0 Å². The molecule has 0 saturated heterocycles. The Hall–Kier alpha value is -2.22. The molecule has 22 heavy (non-hydrogen) atoms. The SMILES string of the molecule is [C-]#[N+]C1=C[C@]2(C)c3nn(C(C)=O)cc3CC[C@H]2C(C)(C)C1=O. The summed E-state index contributed by atoms with van der Waals surface area (Å²) >= 11 is 0. The van der Waals surface area contributed by atoms with Gasteiger partial charge in [0.1, 0.15) is 0 Å². The predicted octanol–water partition coefficient (Wildman–Crippen LogP) is 2.78. The van der Waals surface area contributed by atoms with Crippen LogP contribution in [0.5, 0.6) is 0 Å². The van der Waals surface area contributed by atoms with E-state index < -0.39 is 10.8 Å². The van der Waals surface area contributed by atoms with Gasteiger partial charge in [0.2, 0.25) is 11.6 Å². The van der Waals surface area contributed by atoms with Crippen LogP contribution in [0.15, 0.2) is 18.0 Å². The van der Waals surface area contributed by atoms with Crippen molar-refractivity contribution in [2.24, 2.45) is 11.3 Å². The average Bonchev–Trinajstić information content (AvgIpc) is 2.89. The Morgan fingerprint density at radius 3 is 2.73 bits per heavy atom. The van der Waals surface area contributed by atoms with Crippen molar-refractivity contribution >= 4 is 11.7 Å². The molecule has 1 aromatic rings. The Morgan fingerprint density at radius 2 is 2.14 bits per heavy atom. The molecule has 3 rings (SSSR count). The number of ketones is 1. The summed E-state index contributed by atoms with van der Waals surface area (Å²) in [5.74, 6) is -0.129. The number of carbonyl (C=O) groups excluding carboxylic acids is 2. The molecular formula is C17H19N3O2. The topological polar surface area (TPSA) is 56.3 Å². The Balaban J connectivity index is 2.25. The molecule has 0 aliphatic heterocycles. The number of aryl methyl sites for hydroxylation is 1. The van der Waals surface area contributed by atoms with E-state index in [4.69, 9.17) is 6.57 Å². The fourth-order valence-corrected chi connectivity index (χ4v) is 4.17. The van der Waals surface area contributed by atoms with E-state index in [-0.39, 0.29) is 23.3 Å². The second-order valence-corrected chi connectivity index (χ2v) is 7.03. The van der Waals surface area contributed by atoms with Crippen molar-refractivity contribution in [1.82, 2.24) is 9.78 Å². The smallest absolute Gasteiger partial charge is 0.243 e. The van der Waals surface area contributed by atoms with Crippen LogP contribution in [-0.4, -0.2) is 21.5 Å². The van der Waals surface area contributed by atoms with Crippen LogP contribution < -0.4 is 0 Å². The van der Waals surface area contributed by atoms with Crippen LogP contribution >= 0.6 is 0 Å². The van der Waals surface area contributed by atoms with Gasteiger partial charge in [-0.05, 0) is 24.3 Å². The summed E-state index contributed by atoms with van der Waals surface area (Å²) in [6.45, 7) is 14.7. The van der Waals surface area contributed by atoms with Gasteiger partial charge in [-0.3, -0.25) is 4.79 Å². The minimum Gasteiger partial charge on any atom is -0.307 e. The molecule has 2 aliphatic carbocycles. The fraction of sp³-hybridized carbons (Fsp3) is 0.529. The quantitative estimate of drug-likeness (QED) is 0.692. The molecule has 0 amide bonds. The highest BCUT2D eigenvalue weighted by Crippen LogP contribution is 2.54. The zero-order chi connectivity index (χ0) is 16.3. The number of hydrogen-bond acceptors (Lipinski definition) is 3. The normalized spacial score (nSPS) is 29.1. The molecule has 0 fully saturated rings. The third kappa shape index (κ3) is 1.73. The van der Waals surface area contributed by atoms with Gasteiger partial charge in [0.25, 0.3) is 0 Å². The third-order valence-corrected chi connectivity index (χ3v) is 5.30. The highest BCUT2D eigenvalue weighted by molar-refractivity contribution is 6.02. The van der Waals surface area contributed by atoms with Crippen molar-refractivity contribution in [2.75, 3.05) is 0 Å². The number of nitrogens with zero attached hydrogens (tertiary/aromatic N) is 3. The van der Waals surface area contributed by atoms with Crippen LogP contribution in [0.1, 0.15) is 50.2 Å². The van der Waals surface area contributed by atoms with E-state index in [1.165, 1.54) is 11.6 Å². The molecule has 5 heteroatoms. The first-order chi connectivity index (χ1) is 10.2. The molecule has 0 N–H and O–H groups in total. The maximum absolute atomic E-state index is 12.5. The minimum absolute atomic E-state index is 0.0839.